The molecule has 0 aliphatic carbocycles. The molecule has 16 heavy (non-hydrogen) atoms. The molecule has 1 heterocycles. The van der Waals surface area contributed by atoms with Crippen molar-refractivity contribution >= 4 is 5.91 Å². The van der Waals surface area contributed by atoms with E-state index < -0.39 is 0 Å². The van der Waals surface area contributed by atoms with Crippen LogP contribution in [0.5, 0.6) is 0 Å². The largest absolute Gasteiger partial charge is 0.376 e. The lowest BCUT2D eigenvalue weighted by Gasteiger charge is -2.18. The molecule has 0 aromatic heterocycles. The van der Waals surface area contributed by atoms with Crippen LogP contribution < -0.4 is 11.1 Å². The monoisotopic (exact) mass is 228 g/mol. The first-order chi connectivity index (χ1) is 7.63. The van der Waals surface area contributed by atoms with Gasteiger partial charge in [0.2, 0.25) is 5.91 Å². The van der Waals surface area contributed by atoms with Crippen molar-refractivity contribution in [2.75, 3.05) is 19.7 Å². The molecule has 3 N–H and O–H groups in total. The average Bonchev–Trinajstić information content (AvgIpc) is 2.75. The second kappa shape index (κ2) is 6.86. The number of carbonyl (C=O) groups excluding carboxylic acids is 1. The Hall–Kier alpha value is -0.610. The molecule has 1 fully saturated rings. The second-order valence-electron chi connectivity index (χ2n) is 4.94. The highest BCUT2D eigenvalue weighted by Crippen LogP contribution is 2.13. The van der Waals surface area contributed by atoms with E-state index in [1.165, 1.54) is 0 Å². The van der Waals surface area contributed by atoms with Crippen molar-refractivity contribution < 1.29 is 9.53 Å². The summed E-state index contributed by atoms with van der Waals surface area (Å²) in [6.07, 6.45) is 3.22. The van der Waals surface area contributed by atoms with Crippen LogP contribution in [0.3, 0.4) is 0 Å². The number of hydrogen-bond donors (Lipinski definition) is 2. The Bertz CT molecular complexity index is 213. The maximum atomic E-state index is 11.8. The van der Waals surface area contributed by atoms with Gasteiger partial charge in [-0.15, -0.1) is 0 Å². The van der Waals surface area contributed by atoms with Gasteiger partial charge in [-0.3, -0.25) is 4.79 Å². The van der Waals surface area contributed by atoms with Crippen LogP contribution in [-0.4, -0.2) is 31.7 Å². The van der Waals surface area contributed by atoms with Crippen LogP contribution in [0.15, 0.2) is 0 Å². The topological polar surface area (TPSA) is 64.4 Å². The number of ether oxygens (including phenoxy) is 1. The molecule has 4 nitrogen and oxygen atoms in total. The summed E-state index contributed by atoms with van der Waals surface area (Å²) in [7, 11) is 0. The minimum Gasteiger partial charge on any atom is -0.376 e. The third kappa shape index (κ3) is 4.49. The van der Waals surface area contributed by atoms with Crippen LogP contribution in [0.25, 0.3) is 0 Å². The summed E-state index contributed by atoms with van der Waals surface area (Å²) < 4.78 is 5.45. The number of hydrogen-bond acceptors (Lipinski definition) is 3. The minimum absolute atomic E-state index is 0.0543. The summed E-state index contributed by atoms with van der Waals surface area (Å²) in [5, 5.41) is 2.94. The van der Waals surface area contributed by atoms with Crippen LogP contribution in [0.2, 0.25) is 0 Å². The Labute approximate surface area is 97.9 Å². The van der Waals surface area contributed by atoms with Crippen LogP contribution in [-0.2, 0) is 9.53 Å². The van der Waals surface area contributed by atoms with Crippen molar-refractivity contribution in [1.29, 1.82) is 0 Å². The van der Waals surface area contributed by atoms with E-state index in [2.05, 4.69) is 19.2 Å². The van der Waals surface area contributed by atoms with E-state index in [4.69, 9.17) is 10.5 Å². The van der Waals surface area contributed by atoms with Crippen molar-refractivity contribution in [2.45, 2.75) is 39.2 Å². The zero-order chi connectivity index (χ0) is 12.0. The normalized spacial score (nSPS) is 22.4. The van der Waals surface area contributed by atoms with E-state index in [0.717, 1.165) is 25.9 Å². The highest BCUT2D eigenvalue weighted by Gasteiger charge is 2.21. The van der Waals surface area contributed by atoms with Gasteiger partial charge in [-0.25, -0.2) is 0 Å². The van der Waals surface area contributed by atoms with Crippen molar-refractivity contribution in [3.63, 3.8) is 0 Å². The van der Waals surface area contributed by atoms with Gasteiger partial charge in [-0.2, -0.15) is 0 Å². The first kappa shape index (κ1) is 13.5. The number of nitrogens with two attached hydrogens (primary N) is 1. The third-order valence-electron chi connectivity index (χ3n) is 2.94. The molecule has 0 aromatic rings. The molecule has 1 aliphatic heterocycles. The van der Waals surface area contributed by atoms with Gasteiger partial charge in [-0.1, -0.05) is 13.8 Å². The maximum Gasteiger partial charge on any atom is 0.224 e. The van der Waals surface area contributed by atoms with Gasteiger partial charge in [0.1, 0.15) is 0 Å². The van der Waals surface area contributed by atoms with Gasteiger partial charge < -0.3 is 15.8 Å². The Morgan fingerprint density at radius 3 is 2.81 bits per heavy atom. The van der Waals surface area contributed by atoms with Gasteiger partial charge in [0.15, 0.2) is 0 Å². The van der Waals surface area contributed by atoms with E-state index in [1.807, 2.05) is 0 Å². The molecule has 0 spiro atoms. The van der Waals surface area contributed by atoms with Crippen molar-refractivity contribution in [1.82, 2.24) is 5.32 Å². The summed E-state index contributed by atoms with van der Waals surface area (Å²) in [6.45, 7) is 6.10. The highest BCUT2D eigenvalue weighted by molar-refractivity contribution is 5.78. The molecule has 1 rings (SSSR count). The first-order valence-electron chi connectivity index (χ1n) is 6.22. The zero-order valence-corrected chi connectivity index (χ0v) is 10.4. The number of carbonyl (C=O) groups is 1. The molecule has 94 valence electrons. The molecule has 1 amide bonds. The van der Waals surface area contributed by atoms with Crippen LogP contribution in [0.4, 0.5) is 0 Å². The molecule has 0 aromatic carbocycles. The Balaban J connectivity index is 2.25. The molecule has 4 heteroatoms. The summed E-state index contributed by atoms with van der Waals surface area (Å²) >= 11 is 0. The summed E-state index contributed by atoms with van der Waals surface area (Å²) in [5.74, 6) is 0.523. The van der Waals surface area contributed by atoms with E-state index in [9.17, 15) is 4.79 Å². The fourth-order valence-corrected chi connectivity index (χ4v) is 2.04. The Kier molecular flexibility index (Phi) is 5.77. The van der Waals surface area contributed by atoms with Gasteiger partial charge in [0.05, 0.1) is 12.0 Å². The van der Waals surface area contributed by atoms with E-state index in [0.29, 0.717) is 19.0 Å². The molecule has 0 saturated carbocycles. The third-order valence-corrected chi connectivity index (χ3v) is 2.94. The van der Waals surface area contributed by atoms with Gasteiger partial charge in [0, 0.05) is 19.7 Å². The Morgan fingerprint density at radius 2 is 2.31 bits per heavy atom. The number of amides is 1. The number of rotatable bonds is 6. The van der Waals surface area contributed by atoms with Crippen molar-refractivity contribution in [2.24, 2.45) is 17.6 Å². The standard InChI is InChI=1S/C12H24N2O2/c1-9(2)6-10(7-13)12(15)14-8-11-4-3-5-16-11/h9-11H,3-8,13H2,1-2H3,(H,14,15). The molecule has 0 bridgehead atoms. The van der Waals surface area contributed by atoms with Gasteiger partial charge >= 0.3 is 0 Å². The minimum atomic E-state index is -0.0543. The smallest absolute Gasteiger partial charge is 0.224 e. The maximum absolute atomic E-state index is 11.8. The number of nitrogens with one attached hydrogen (secondary N) is 1. The molecule has 1 aliphatic rings. The predicted octanol–water partition coefficient (Wildman–Crippen LogP) is 0.903. The van der Waals surface area contributed by atoms with E-state index in [-0.39, 0.29) is 17.9 Å². The second-order valence-corrected chi connectivity index (χ2v) is 4.94. The quantitative estimate of drug-likeness (QED) is 0.710. The summed E-state index contributed by atoms with van der Waals surface area (Å²) in [6, 6.07) is 0. The first-order valence-corrected chi connectivity index (χ1v) is 6.22. The summed E-state index contributed by atoms with van der Waals surface area (Å²) in [4.78, 5) is 11.8. The van der Waals surface area contributed by atoms with Crippen LogP contribution in [0.1, 0.15) is 33.1 Å². The van der Waals surface area contributed by atoms with Crippen molar-refractivity contribution in [3.05, 3.63) is 0 Å². The fraction of sp³-hybridized carbons (Fsp3) is 0.917. The van der Waals surface area contributed by atoms with Crippen LogP contribution >= 0.6 is 0 Å². The molecule has 2 unspecified atom stereocenters. The average molecular weight is 228 g/mol. The zero-order valence-electron chi connectivity index (χ0n) is 10.4. The highest BCUT2D eigenvalue weighted by atomic mass is 16.5. The molecule has 1 saturated heterocycles. The Morgan fingerprint density at radius 1 is 1.56 bits per heavy atom. The lowest BCUT2D eigenvalue weighted by Crippen LogP contribution is -2.39. The molecule has 2 atom stereocenters. The lowest BCUT2D eigenvalue weighted by atomic mass is 9.96. The van der Waals surface area contributed by atoms with Gasteiger partial charge in [-0.05, 0) is 25.2 Å². The SMILES string of the molecule is CC(C)CC(CN)C(=O)NCC1CCCO1. The summed E-state index contributed by atoms with van der Waals surface area (Å²) in [5.41, 5.74) is 5.61. The predicted molar refractivity (Wildman–Crippen MR) is 64.0 cm³/mol. The van der Waals surface area contributed by atoms with E-state index in [1.54, 1.807) is 0 Å². The lowest BCUT2D eigenvalue weighted by molar-refractivity contribution is -0.125. The molecular formula is C12H24N2O2. The van der Waals surface area contributed by atoms with Crippen LogP contribution in [0, 0.1) is 11.8 Å². The van der Waals surface area contributed by atoms with E-state index >= 15 is 0 Å². The van der Waals surface area contributed by atoms with Crippen molar-refractivity contribution in [3.8, 4) is 0 Å². The molecule has 0 radical (unpaired) electrons. The van der Waals surface area contributed by atoms with Gasteiger partial charge in [0.25, 0.3) is 0 Å². The molecular weight excluding hydrogens is 204 g/mol. The fourth-order valence-electron chi connectivity index (χ4n) is 2.04.